The molecule has 0 spiro atoms. The standard InChI is InChI=1S/C14H17N3O3S/c1-9-4-6-11(7-5-9)20-8-12-15-16-14(17(12)3)21-10(2)13(18)19/h4-7,10H,8H2,1-3H3,(H,18,19)/p-1/t10-/m1/s1. The van der Waals surface area contributed by atoms with E-state index in [0.717, 1.165) is 23.1 Å². The first kappa shape index (κ1) is 15.4. The molecule has 112 valence electrons. The van der Waals surface area contributed by atoms with Crippen LogP contribution in [0.1, 0.15) is 18.3 Å². The van der Waals surface area contributed by atoms with E-state index in [1.54, 1.807) is 18.5 Å². The van der Waals surface area contributed by atoms with E-state index in [0.29, 0.717) is 11.0 Å². The molecule has 7 heteroatoms. The molecule has 0 aliphatic rings. The summed E-state index contributed by atoms with van der Waals surface area (Å²) in [5, 5.41) is 18.6. The van der Waals surface area contributed by atoms with Gasteiger partial charge in [0.25, 0.3) is 0 Å². The Balaban J connectivity index is 2.00. The molecule has 6 nitrogen and oxygen atoms in total. The van der Waals surface area contributed by atoms with E-state index >= 15 is 0 Å². The van der Waals surface area contributed by atoms with E-state index < -0.39 is 11.2 Å². The van der Waals surface area contributed by atoms with Gasteiger partial charge in [0.2, 0.25) is 0 Å². The molecule has 0 N–H and O–H groups in total. The lowest BCUT2D eigenvalue weighted by Gasteiger charge is -2.11. The van der Waals surface area contributed by atoms with Gasteiger partial charge >= 0.3 is 0 Å². The Bertz CT molecular complexity index is 625. The van der Waals surface area contributed by atoms with Gasteiger partial charge in [-0.3, -0.25) is 0 Å². The molecule has 2 aromatic rings. The van der Waals surface area contributed by atoms with Gasteiger partial charge in [-0.2, -0.15) is 0 Å². The minimum Gasteiger partial charge on any atom is -0.549 e. The maximum atomic E-state index is 10.7. The van der Waals surface area contributed by atoms with Crippen LogP contribution in [0, 0.1) is 6.92 Å². The van der Waals surface area contributed by atoms with Gasteiger partial charge < -0.3 is 19.2 Å². The molecule has 1 aromatic heterocycles. The summed E-state index contributed by atoms with van der Waals surface area (Å²) in [5.41, 5.74) is 1.16. The largest absolute Gasteiger partial charge is 0.549 e. The molecule has 1 atom stereocenters. The van der Waals surface area contributed by atoms with Crippen LogP contribution >= 0.6 is 11.8 Å². The molecule has 0 aliphatic carbocycles. The first-order chi connectivity index (χ1) is 9.97. The molecule has 2 rings (SSSR count). The number of aryl methyl sites for hydroxylation is 1. The third-order valence-electron chi connectivity index (χ3n) is 2.93. The highest BCUT2D eigenvalue weighted by atomic mass is 32.2. The van der Waals surface area contributed by atoms with Gasteiger partial charge in [0.05, 0.1) is 5.97 Å². The SMILES string of the molecule is Cc1ccc(OCc2nnc(S[C@H](C)C(=O)[O-])n2C)cc1. The van der Waals surface area contributed by atoms with Gasteiger partial charge in [-0.05, 0) is 26.0 Å². The summed E-state index contributed by atoms with van der Waals surface area (Å²) >= 11 is 1.09. The summed E-state index contributed by atoms with van der Waals surface area (Å²) in [6.07, 6.45) is 0. The number of thioether (sulfide) groups is 1. The summed E-state index contributed by atoms with van der Waals surface area (Å²) < 4.78 is 7.35. The lowest BCUT2D eigenvalue weighted by Crippen LogP contribution is -2.31. The van der Waals surface area contributed by atoms with Gasteiger partial charge in [0.1, 0.15) is 12.4 Å². The zero-order valence-corrected chi connectivity index (χ0v) is 12.9. The van der Waals surface area contributed by atoms with Gasteiger partial charge in [-0.1, -0.05) is 29.5 Å². The molecule has 0 radical (unpaired) electrons. The summed E-state index contributed by atoms with van der Waals surface area (Å²) in [4.78, 5) is 10.7. The fourth-order valence-corrected chi connectivity index (χ4v) is 2.33. The van der Waals surface area contributed by atoms with Crippen molar-refractivity contribution in [2.75, 3.05) is 0 Å². The number of rotatable bonds is 6. The van der Waals surface area contributed by atoms with Crippen molar-refractivity contribution in [3.05, 3.63) is 35.7 Å². The number of carboxylic acids is 1. The molecule has 1 heterocycles. The van der Waals surface area contributed by atoms with Crippen LogP contribution in [0.2, 0.25) is 0 Å². The van der Waals surface area contributed by atoms with Crippen molar-refractivity contribution < 1.29 is 14.6 Å². The molecule has 0 fully saturated rings. The topological polar surface area (TPSA) is 80.1 Å². The first-order valence-corrected chi connectivity index (χ1v) is 7.30. The van der Waals surface area contributed by atoms with Crippen LogP contribution in [-0.4, -0.2) is 26.0 Å². The van der Waals surface area contributed by atoms with Crippen molar-refractivity contribution in [3.8, 4) is 5.75 Å². The third kappa shape index (κ3) is 3.98. The lowest BCUT2D eigenvalue weighted by atomic mass is 10.2. The van der Waals surface area contributed by atoms with Crippen LogP contribution in [0.15, 0.2) is 29.4 Å². The van der Waals surface area contributed by atoms with Crippen molar-refractivity contribution in [1.82, 2.24) is 14.8 Å². The lowest BCUT2D eigenvalue weighted by molar-refractivity contribution is -0.304. The number of carbonyl (C=O) groups is 1. The van der Waals surface area contributed by atoms with Crippen LogP contribution in [0.25, 0.3) is 0 Å². The summed E-state index contributed by atoms with van der Waals surface area (Å²) in [6.45, 7) is 3.83. The predicted octanol–water partition coefficient (Wildman–Crippen LogP) is 0.933. The average molecular weight is 306 g/mol. The number of aromatic nitrogens is 3. The van der Waals surface area contributed by atoms with Gasteiger partial charge in [-0.25, -0.2) is 0 Å². The van der Waals surface area contributed by atoms with Crippen LogP contribution in [0.4, 0.5) is 0 Å². The Morgan fingerprint density at radius 3 is 2.67 bits per heavy atom. The zero-order chi connectivity index (χ0) is 15.4. The van der Waals surface area contributed by atoms with Crippen molar-refractivity contribution in [1.29, 1.82) is 0 Å². The monoisotopic (exact) mass is 306 g/mol. The van der Waals surface area contributed by atoms with Crippen molar-refractivity contribution in [3.63, 3.8) is 0 Å². The minimum atomic E-state index is -1.12. The van der Waals surface area contributed by atoms with Crippen LogP contribution in [0.3, 0.4) is 0 Å². The van der Waals surface area contributed by atoms with E-state index in [1.165, 1.54) is 0 Å². The van der Waals surface area contributed by atoms with E-state index in [4.69, 9.17) is 4.74 Å². The summed E-state index contributed by atoms with van der Waals surface area (Å²) in [6, 6.07) is 7.71. The highest BCUT2D eigenvalue weighted by Gasteiger charge is 2.14. The van der Waals surface area contributed by atoms with E-state index in [-0.39, 0.29) is 6.61 Å². The maximum absolute atomic E-state index is 10.7. The quantitative estimate of drug-likeness (QED) is 0.739. The number of benzene rings is 1. The Labute approximate surface area is 127 Å². The first-order valence-electron chi connectivity index (χ1n) is 6.42. The van der Waals surface area contributed by atoms with Crippen LogP contribution < -0.4 is 9.84 Å². The van der Waals surface area contributed by atoms with Gasteiger partial charge in [-0.15, -0.1) is 10.2 Å². The van der Waals surface area contributed by atoms with E-state index in [2.05, 4.69) is 10.2 Å². The number of aliphatic carboxylic acids is 1. The molecule has 0 bridgehead atoms. The second-order valence-electron chi connectivity index (χ2n) is 4.64. The molecule has 0 unspecified atom stereocenters. The molecule has 0 saturated carbocycles. The zero-order valence-electron chi connectivity index (χ0n) is 12.1. The van der Waals surface area contributed by atoms with Gasteiger partial charge in [0.15, 0.2) is 11.0 Å². The van der Waals surface area contributed by atoms with Crippen LogP contribution in [-0.2, 0) is 18.4 Å². The number of ether oxygens (including phenoxy) is 1. The average Bonchev–Trinajstić information content (AvgIpc) is 2.79. The molecule has 0 saturated heterocycles. The highest BCUT2D eigenvalue weighted by molar-refractivity contribution is 8.00. The molecule has 0 aliphatic heterocycles. The maximum Gasteiger partial charge on any atom is 0.191 e. The third-order valence-corrected chi connectivity index (χ3v) is 4.04. The Morgan fingerprint density at radius 1 is 1.38 bits per heavy atom. The van der Waals surface area contributed by atoms with Crippen LogP contribution in [0.5, 0.6) is 5.75 Å². The number of carboxylic acid groups (broad SMARTS) is 1. The molecular formula is C14H16N3O3S-. The molecule has 1 aromatic carbocycles. The molecule has 21 heavy (non-hydrogen) atoms. The normalized spacial score (nSPS) is 12.1. The summed E-state index contributed by atoms with van der Waals surface area (Å²) in [7, 11) is 1.78. The smallest absolute Gasteiger partial charge is 0.191 e. The van der Waals surface area contributed by atoms with Crippen molar-refractivity contribution in [2.24, 2.45) is 7.05 Å². The molecular weight excluding hydrogens is 290 g/mol. The predicted molar refractivity (Wildman–Crippen MR) is 76.8 cm³/mol. The minimum absolute atomic E-state index is 0.271. The second kappa shape index (κ2) is 6.62. The number of hydrogen-bond donors (Lipinski definition) is 0. The highest BCUT2D eigenvalue weighted by Crippen LogP contribution is 2.21. The van der Waals surface area contributed by atoms with Crippen molar-refractivity contribution in [2.45, 2.75) is 30.9 Å². The Morgan fingerprint density at radius 2 is 2.05 bits per heavy atom. The summed E-state index contributed by atoms with van der Waals surface area (Å²) in [5.74, 6) is 0.255. The number of hydrogen-bond acceptors (Lipinski definition) is 6. The Hall–Kier alpha value is -2.02. The van der Waals surface area contributed by atoms with E-state index in [9.17, 15) is 9.90 Å². The van der Waals surface area contributed by atoms with Crippen molar-refractivity contribution >= 4 is 17.7 Å². The Kier molecular flexibility index (Phi) is 4.85. The number of nitrogens with zero attached hydrogens (tertiary/aromatic N) is 3. The van der Waals surface area contributed by atoms with Gasteiger partial charge in [0, 0.05) is 12.3 Å². The van der Waals surface area contributed by atoms with E-state index in [1.807, 2.05) is 31.2 Å². The second-order valence-corrected chi connectivity index (χ2v) is 5.95. The number of carbonyl (C=O) groups excluding carboxylic acids is 1. The molecule has 0 amide bonds. The fourth-order valence-electron chi connectivity index (χ4n) is 1.56. The fraction of sp³-hybridized carbons (Fsp3) is 0.357.